The molecule has 0 bridgehead atoms. The average molecular weight is 645 g/mol. The molecule has 4 heteroatoms. The van der Waals surface area contributed by atoms with Gasteiger partial charge in [-0.1, -0.05) is 119 Å². The molecule has 0 radical (unpaired) electrons. The van der Waals surface area contributed by atoms with Gasteiger partial charge >= 0.3 is 0 Å². The highest BCUT2D eigenvalue weighted by Gasteiger charge is 2.26. The van der Waals surface area contributed by atoms with E-state index >= 15 is 0 Å². The van der Waals surface area contributed by atoms with Crippen LogP contribution in [0.5, 0.6) is 0 Å². The Kier molecular flexibility index (Phi) is 10.4. The van der Waals surface area contributed by atoms with Gasteiger partial charge in [-0.2, -0.15) is 0 Å². The topological polar surface area (TPSA) is 34.2 Å². The summed E-state index contributed by atoms with van der Waals surface area (Å²) in [6.07, 6.45) is 22.2. The van der Waals surface area contributed by atoms with Crippen LogP contribution in [0.3, 0.4) is 0 Å². The van der Waals surface area contributed by atoms with Gasteiger partial charge in [0.2, 0.25) is 0 Å². The number of aromatic nitrogens is 2. The summed E-state index contributed by atoms with van der Waals surface area (Å²) in [5.74, 6) is 0. The minimum absolute atomic E-state index is 0.236. The second-order valence-corrected chi connectivity index (χ2v) is 12.0. The van der Waals surface area contributed by atoms with E-state index in [2.05, 4.69) is 149 Å². The van der Waals surface area contributed by atoms with Crippen molar-refractivity contribution in [1.29, 1.82) is 0 Å². The summed E-state index contributed by atoms with van der Waals surface area (Å²) < 4.78 is 4.85. The van der Waals surface area contributed by atoms with E-state index in [9.17, 15) is 0 Å². The standard InChI is InChI=1S/C28H20N2.C13H16N2.2C2H6/c1-29-23-16-8-7-14-21(23)25-26-22-15-9-17-24(22)30(18-10-3-2-4-11-18)28(26)20-13-6-5-12-19(20)27(25)29;1-11-13(8-5-9-14-10-15-11)12-6-3-2-4-7-12;2*1-2/h2-14,16-17H,15H2,1H3;2-3,5-6,8-11H,4,7H2,1H3,(H,14,15);2*1-2H3/b;9-5-,13-8+;;. The van der Waals surface area contributed by atoms with Crippen LogP contribution in [-0.4, -0.2) is 21.5 Å². The number of aryl methyl sites for hydroxylation is 1. The molecule has 9 rings (SSSR count). The normalized spacial score (nSPS) is 17.7. The van der Waals surface area contributed by atoms with Gasteiger partial charge in [0.1, 0.15) is 0 Å². The SMILES string of the molecule is CC.CC.CC1N=CN/C=C\C=C/1C1=CC=CCC1.Cn1c2ccccc2c2c3c4c(n(-c5ccccc5)c3c3ccccc3c21)C=CC4. The molecule has 0 spiro atoms. The Hall–Kier alpha value is -5.35. The molecule has 49 heavy (non-hydrogen) atoms. The van der Waals surface area contributed by atoms with E-state index in [1.54, 1.807) is 6.34 Å². The van der Waals surface area contributed by atoms with Crippen LogP contribution in [0, 0.1) is 0 Å². The van der Waals surface area contributed by atoms with Crippen molar-refractivity contribution in [2.75, 3.05) is 0 Å². The lowest BCUT2D eigenvalue weighted by Gasteiger charge is -2.17. The van der Waals surface area contributed by atoms with E-state index in [-0.39, 0.29) is 6.04 Å². The predicted molar refractivity (Wildman–Crippen MR) is 215 cm³/mol. The van der Waals surface area contributed by atoms with E-state index in [4.69, 9.17) is 0 Å². The van der Waals surface area contributed by atoms with Crippen molar-refractivity contribution in [3.8, 4) is 5.69 Å². The summed E-state index contributed by atoms with van der Waals surface area (Å²) in [4.78, 5) is 4.42. The van der Waals surface area contributed by atoms with Gasteiger partial charge in [-0.15, -0.1) is 0 Å². The summed E-state index contributed by atoms with van der Waals surface area (Å²) in [7, 11) is 2.20. The summed E-state index contributed by atoms with van der Waals surface area (Å²) in [5.41, 5.74) is 10.7. The maximum absolute atomic E-state index is 4.42. The van der Waals surface area contributed by atoms with Gasteiger partial charge < -0.3 is 14.5 Å². The lowest BCUT2D eigenvalue weighted by molar-refractivity contribution is 0.833. The molecule has 1 aliphatic heterocycles. The van der Waals surface area contributed by atoms with Gasteiger partial charge in [0.15, 0.2) is 0 Å². The van der Waals surface area contributed by atoms with Crippen LogP contribution in [0.1, 0.15) is 58.7 Å². The molecule has 1 atom stereocenters. The molecule has 0 fully saturated rings. The predicted octanol–water partition coefficient (Wildman–Crippen LogP) is 11.8. The zero-order chi connectivity index (χ0) is 34.3. The van der Waals surface area contributed by atoms with Crippen molar-refractivity contribution in [3.63, 3.8) is 0 Å². The number of aliphatic imine (C=N–C) groups is 1. The average Bonchev–Trinajstić information content (AvgIpc) is 3.85. The Morgan fingerprint density at radius 2 is 1.43 bits per heavy atom. The number of nitrogens with one attached hydrogen (secondary N) is 1. The highest BCUT2D eigenvalue weighted by Crippen LogP contribution is 2.46. The first-order chi connectivity index (χ1) is 24.2. The van der Waals surface area contributed by atoms with Gasteiger partial charge in [0, 0.05) is 51.4 Å². The van der Waals surface area contributed by atoms with Crippen LogP contribution < -0.4 is 5.32 Å². The third-order valence-corrected chi connectivity index (χ3v) is 9.39. The first kappa shape index (κ1) is 33.5. The zero-order valence-corrected chi connectivity index (χ0v) is 29.7. The largest absolute Gasteiger partial charge is 0.353 e. The number of fused-ring (bicyclic) bond motifs is 10. The molecule has 2 aliphatic carbocycles. The zero-order valence-electron chi connectivity index (χ0n) is 29.7. The van der Waals surface area contributed by atoms with Crippen LogP contribution in [0.4, 0.5) is 0 Å². The molecule has 0 saturated heterocycles. The third-order valence-electron chi connectivity index (χ3n) is 9.39. The fraction of sp³-hybridized carbons (Fsp3) is 0.222. The Morgan fingerprint density at radius 1 is 0.735 bits per heavy atom. The first-order valence-corrected chi connectivity index (χ1v) is 17.9. The van der Waals surface area contributed by atoms with Crippen molar-refractivity contribution in [1.82, 2.24) is 14.5 Å². The summed E-state index contributed by atoms with van der Waals surface area (Å²) >= 11 is 0. The van der Waals surface area contributed by atoms with Crippen LogP contribution in [0.25, 0.3) is 55.2 Å². The molecule has 1 unspecified atom stereocenters. The highest BCUT2D eigenvalue weighted by molar-refractivity contribution is 6.32. The maximum Gasteiger partial charge on any atom is 0.0870 e. The molecule has 4 aromatic carbocycles. The third kappa shape index (κ3) is 6.08. The van der Waals surface area contributed by atoms with Crippen LogP contribution in [0.2, 0.25) is 0 Å². The number of hydrogen-bond acceptors (Lipinski definition) is 2. The van der Waals surface area contributed by atoms with E-state index in [1.807, 2.05) is 40.0 Å². The Morgan fingerprint density at radius 3 is 2.16 bits per heavy atom. The quantitative estimate of drug-likeness (QED) is 0.200. The van der Waals surface area contributed by atoms with Gasteiger partial charge in [-0.05, 0) is 73.2 Å². The fourth-order valence-corrected chi connectivity index (χ4v) is 7.38. The van der Waals surface area contributed by atoms with Crippen molar-refractivity contribution >= 4 is 55.9 Å². The second kappa shape index (κ2) is 15.3. The van der Waals surface area contributed by atoms with Gasteiger partial charge in [0.25, 0.3) is 0 Å². The number of nitrogens with zero attached hydrogens (tertiary/aromatic N) is 3. The monoisotopic (exact) mass is 644 g/mol. The maximum atomic E-state index is 4.42. The Labute approximate surface area is 291 Å². The molecule has 0 amide bonds. The molecule has 3 heterocycles. The van der Waals surface area contributed by atoms with E-state index in [0.717, 1.165) is 19.3 Å². The molecule has 2 aromatic heterocycles. The number of benzene rings is 4. The molecule has 248 valence electrons. The first-order valence-electron chi connectivity index (χ1n) is 17.9. The fourth-order valence-electron chi connectivity index (χ4n) is 7.38. The minimum atomic E-state index is 0.236. The van der Waals surface area contributed by atoms with Gasteiger partial charge in [-0.3, -0.25) is 4.99 Å². The molecule has 0 saturated carbocycles. The number of hydrogen-bond donors (Lipinski definition) is 1. The van der Waals surface area contributed by atoms with E-state index < -0.39 is 0 Å². The molecule has 3 aliphatic rings. The van der Waals surface area contributed by atoms with Gasteiger partial charge in [-0.25, -0.2) is 0 Å². The number of allylic oxidation sites excluding steroid dienone is 6. The summed E-state index contributed by atoms with van der Waals surface area (Å²) in [6.45, 7) is 10.1. The van der Waals surface area contributed by atoms with Crippen molar-refractivity contribution in [2.45, 2.75) is 59.9 Å². The van der Waals surface area contributed by atoms with Crippen molar-refractivity contribution in [2.24, 2.45) is 12.0 Å². The Balaban J connectivity index is 0.000000186. The summed E-state index contributed by atoms with van der Waals surface area (Å²) in [5, 5.41) is 9.75. The van der Waals surface area contributed by atoms with Gasteiger partial charge in [0.05, 0.1) is 29.1 Å². The summed E-state index contributed by atoms with van der Waals surface area (Å²) in [6, 6.07) is 28.7. The minimum Gasteiger partial charge on any atom is -0.353 e. The van der Waals surface area contributed by atoms with Crippen molar-refractivity contribution in [3.05, 3.63) is 144 Å². The molecule has 1 N–H and O–H groups in total. The number of para-hydroxylation sites is 2. The lowest BCUT2D eigenvalue weighted by Crippen LogP contribution is -2.12. The smallest absolute Gasteiger partial charge is 0.0870 e. The lowest BCUT2D eigenvalue weighted by atomic mass is 9.92. The number of rotatable bonds is 2. The highest BCUT2D eigenvalue weighted by atomic mass is 15.0. The molecular formula is C45H48N4. The molecule has 6 aromatic rings. The van der Waals surface area contributed by atoms with Crippen LogP contribution in [-0.2, 0) is 13.5 Å². The van der Waals surface area contributed by atoms with Crippen molar-refractivity contribution < 1.29 is 0 Å². The van der Waals surface area contributed by atoms with Crippen LogP contribution in [0.15, 0.2) is 138 Å². The second-order valence-electron chi connectivity index (χ2n) is 12.0. The van der Waals surface area contributed by atoms with E-state index in [0.29, 0.717) is 0 Å². The van der Waals surface area contributed by atoms with Crippen LogP contribution >= 0.6 is 0 Å². The molecule has 4 nitrogen and oxygen atoms in total. The Bertz CT molecular complexity index is 2280. The molecular weight excluding hydrogens is 597 g/mol. The van der Waals surface area contributed by atoms with E-state index in [1.165, 1.54) is 71.6 Å².